The van der Waals surface area contributed by atoms with Crippen LogP contribution in [0.4, 0.5) is 0 Å². The van der Waals surface area contributed by atoms with Crippen LogP contribution in [0.3, 0.4) is 0 Å². The molecule has 0 fully saturated rings. The molecule has 0 bridgehead atoms. The van der Waals surface area contributed by atoms with Crippen molar-refractivity contribution in [2.45, 2.75) is 20.8 Å². The van der Waals surface area contributed by atoms with Crippen molar-refractivity contribution in [2.24, 2.45) is 0 Å². The third-order valence-electron chi connectivity index (χ3n) is 3.86. The summed E-state index contributed by atoms with van der Waals surface area (Å²) >= 11 is 0. The van der Waals surface area contributed by atoms with Gasteiger partial charge >= 0.3 is 11.9 Å². The Hall–Kier alpha value is -3.58. The van der Waals surface area contributed by atoms with Crippen LogP contribution in [0.2, 0.25) is 0 Å². The molecular formula is C24H22O4. The predicted molar refractivity (Wildman–Crippen MR) is 110 cm³/mol. The van der Waals surface area contributed by atoms with Crippen LogP contribution in [0.5, 0.6) is 5.75 Å². The molecule has 28 heavy (non-hydrogen) atoms. The second-order valence-electron chi connectivity index (χ2n) is 6.01. The average molecular weight is 374 g/mol. The van der Waals surface area contributed by atoms with Gasteiger partial charge in [0.25, 0.3) is 0 Å². The average Bonchev–Trinajstić information content (AvgIpc) is 2.67. The molecule has 0 aromatic heterocycles. The maximum absolute atomic E-state index is 11.4. The molecule has 0 saturated carbocycles. The summed E-state index contributed by atoms with van der Waals surface area (Å²) in [6.07, 6.45) is 4.28. The van der Waals surface area contributed by atoms with E-state index in [-0.39, 0.29) is 5.97 Å². The van der Waals surface area contributed by atoms with Gasteiger partial charge in [-0.1, -0.05) is 24.5 Å². The molecule has 0 amide bonds. The van der Waals surface area contributed by atoms with E-state index in [1.54, 1.807) is 25.1 Å². The first-order valence-corrected chi connectivity index (χ1v) is 8.85. The van der Waals surface area contributed by atoms with E-state index in [0.717, 1.165) is 33.9 Å². The first-order chi connectivity index (χ1) is 13.4. The van der Waals surface area contributed by atoms with Crippen LogP contribution in [0, 0.1) is 25.7 Å². The van der Waals surface area contributed by atoms with E-state index in [9.17, 15) is 9.59 Å². The minimum atomic E-state index is -0.491. The second-order valence-corrected chi connectivity index (χ2v) is 6.01. The number of rotatable bonds is 5. The number of ether oxygens (including phenoxy) is 2. The summed E-state index contributed by atoms with van der Waals surface area (Å²) in [5, 5.41) is 0. The fraction of sp³-hybridized carbons (Fsp3) is 0.167. The molecule has 4 heteroatoms. The van der Waals surface area contributed by atoms with Crippen LogP contribution in [0.25, 0.3) is 6.08 Å². The minimum absolute atomic E-state index is 0.355. The van der Waals surface area contributed by atoms with E-state index in [1.807, 2.05) is 38.1 Å². The van der Waals surface area contributed by atoms with E-state index in [4.69, 9.17) is 9.47 Å². The Morgan fingerprint density at radius 1 is 1.00 bits per heavy atom. The van der Waals surface area contributed by atoms with Gasteiger partial charge in [0, 0.05) is 23.3 Å². The molecule has 0 aliphatic rings. The van der Waals surface area contributed by atoms with E-state index in [1.165, 1.54) is 6.08 Å². The minimum Gasteiger partial charge on any atom is -0.463 e. The van der Waals surface area contributed by atoms with Gasteiger partial charge in [-0.2, -0.15) is 0 Å². The van der Waals surface area contributed by atoms with Gasteiger partial charge in [-0.3, -0.25) is 0 Å². The van der Waals surface area contributed by atoms with Crippen LogP contribution in [0.1, 0.15) is 34.7 Å². The highest BCUT2D eigenvalue weighted by Gasteiger charge is 2.04. The fourth-order valence-corrected chi connectivity index (χ4v) is 2.42. The summed E-state index contributed by atoms with van der Waals surface area (Å²) in [6.45, 7) is 9.32. The Morgan fingerprint density at radius 2 is 1.64 bits per heavy atom. The van der Waals surface area contributed by atoms with Gasteiger partial charge in [0.1, 0.15) is 5.75 Å². The first-order valence-electron chi connectivity index (χ1n) is 8.85. The number of aryl methyl sites for hydroxylation is 2. The molecule has 4 nitrogen and oxygen atoms in total. The Kier molecular flexibility index (Phi) is 7.36. The zero-order valence-electron chi connectivity index (χ0n) is 16.2. The molecule has 0 aliphatic heterocycles. The third kappa shape index (κ3) is 6.00. The Labute approximate surface area is 165 Å². The van der Waals surface area contributed by atoms with Crippen molar-refractivity contribution in [3.8, 4) is 17.6 Å². The van der Waals surface area contributed by atoms with Gasteiger partial charge in [-0.25, -0.2) is 9.59 Å². The topological polar surface area (TPSA) is 52.6 Å². The van der Waals surface area contributed by atoms with Gasteiger partial charge in [0.05, 0.1) is 6.61 Å². The molecule has 0 heterocycles. The van der Waals surface area contributed by atoms with Crippen LogP contribution in [-0.4, -0.2) is 18.5 Å². The van der Waals surface area contributed by atoms with Gasteiger partial charge in [0.2, 0.25) is 0 Å². The second kappa shape index (κ2) is 9.94. The molecule has 0 aliphatic carbocycles. The number of esters is 2. The fourth-order valence-electron chi connectivity index (χ4n) is 2.42. The maximum Gasteiger partial charge on any atom is 0.335 e. The molecule has 142 valence electrons. The van der Waals surface area contributed by atoms with Crippen molar-refractivity contribution in [2.75, 3.05) is 6.61 Å². The van der Waals surface area contributed by atoms with Crippen molar-refractivity contribution >= 4 is 18.0 Å². The normalized spacial score (nSPS) is 10.1. The predicted octanol–water partition coefficient (Wildman–Crippen LogP) is 4.37. The van der Waals surface area contributed by atoms with Gasteiger partial charge < -0.3 is 9.47 Å². The molecule has 0 spiro atoms. The summed E-state index contributed by atoms with van der Waals surface area (Å²) in [5.74, 6) is 5.87. The standard InChI is InChI=1S/C24H22O4/c1-5-23(25)28-22-13-10-20(16-18(22)4)8-7-19-9-11-21(17(3)15-19)12-14-24(26)27-6-2/h5,9-16H,1,6H2,2-4H3/b14-12+. The van der Waals surface area contributed by atoms with Gasteiger partial charge in [-0.15, -0.1) is 0 Å². The summed E-state index contributed by atoms with van der Waals surface area (Å²) in [5.41, 5.74) is 4.45. The number of carbonyl (C=O) groups excluding carboxylic acids is 2. The summed E-state index contributed by atoms with van der Waals surface area (Å²) < 4.78 is 10.0. The van der Waals surface area contributed by atoms with Crippen LogP contribution >= 0.6 is 0 Å². The van der Waals surface area contributed by atoms with Crippen molar-refractivity contribution < 1.29 is 19.1 Å². The van der Waals surface area contributed by atoms with Crippen molar-refractivity contribution in [3.05, 3.63) is 82.9 Å². The van der Waals surface area contributed by atoms with Crippen molar-refractivity contribution in [3.63, 3.8) is 0 Å². The molecular weight excluding hydrogens is 352 g/mol. The van der Waals surface area contributed by atoms with Crippen LogP contribution in [-0.2, 0) is 14.3 Å². The third-order valence-corrected chi connectivity index (χ3v) is 3.86. The maximum atomic E-state index is 11.4. The van der Waals surface area contributed by atoms with Gasteiger partial charge in [0.15, 0.2) is 0 Å². The Bertz CT molecular complexity index is 987. The van der Waals surface area contributed by atoms with E-state index < -0.39 is 5.97 Å². The molecule has 0 atom stereocenters. The van der Waals surface area contributed by atoms with Crippen molar-refractivity contribution in [1.82, 2.24) is 0 Å². The lowest BCUT2D eigenvalue weighted by Gasteiger charge is -2.05. The molecule has 0 radical (unpaired) electrons. The number of benzene rings is 2. The molecule has 2 aromatic rings. The number of hydrogen-bond donors (Lipinski definition) is 0. The summed E-state index contributed by atoms with van der Waals surface area (Å²) in [6, 6.07) is 11.2. The van der Waals surface area contributed by atoms with Crippen molar-refractivity contribution in [1.29, 1.82) is 0 Å². The van der Waals surface area contributed by atoms with Crippen LogP contribution < -0.4 is 4.74 Å². The number of hydrogen-bond acceptors (Lipinski definition) is 4. The van der Waals surface area contributed by atoms with E-state index >= 15 is 0 Å². The van der Waals surface area contributed by atoms with E-state index in [0.29, 0.717) is 12.4 Å². The van der Waals surface area contributed by atoms with Crippen LogP contribution in [0.15, 0.2) is 55.1 Å². The smallest absolute Gasteiger partial charge is 0.335 e. The lowest BCUT2D eigenvalue weighted by Crippen LogP contribution is -2.04. The highest BCUT2D eigenvalue weighted by molar-refractivity contribution is 5.87. The van der Waals surface area contributed by atoms with Gasteiger partial charge in [-0.05, 0) is 73.9 Å². The monoisotopic (exact) mass is 374 g/mol. The molecule has 2 rings (SSSR count). The summed E-state index contributed by atoms with van der Waals surface area (Å²) in [4.78, 5) is 22.7. The lowest BCUT2D eigenvalue weighted by molar-refractivity contribution is -0.137. The quantitative estimate of drug-likeness (QED) is 0.337. The molecule has 2 aromatic carbocycles. The molecule has 0 saturated heterocycles. The summed E-state index contributed by atoms with van der Waals surface area (Å²) in [7, 11) is 0. The van der Waals surface area contributed by atoms with E-state index in [2.05, 4.69) is 18.4 Å². The zero-order chi connectivity index (χ0) is 20.5. The largest absolute Gasteiger partial charge is 0.463 e. The highest BCUT2D eigenvalue weighted by Crippen LogP contribution is 2.19. The lowest BCUT2D eigenvalue weighted by atomic mass is 10.0. The molecule has 0 N–H and O–H groups in total. The molecule has 0 unspecified atom stereocenters. The first kappa shape index (κ1) is 20.7. The Balaban J connectivity index is 2.15. The Morgan fingerprint density at radius 3 is 2.21 bits per heavy atom. The number of carbonyl (C=O) groups is 2. The SMILES string of the molecule is C=CC(=O)Oc1ccc(C#Cc2ccc(/C=C/C(=O)OCC)c(C)c2)cc1C. The zero-order valence-corrected chi connectivity index (χ0v) is 16.2. The highest BCUT2D eigenvalue weighted by atomic mass is 16.5.